The Morgan fingerprint density at radius 2 is 1.69 bits per heavy atom. The van der Waals surface area contributed by atoms with Crippen molar-refractivity contribution in [2.75, 3.05) is 12.0 Å². The molecular formula is C21H22FNO3. The molecule has 2 aromatic carbocycles. The lowest BCUT2D eigenvalue weighted by molar-refractivity contribution is -0.175. The number of rotatable bonds is 4. The molecule has 2 aromatic rings. The van der Waals surface area contributed by atoms with Crippen molar-refractivity contribution < 1.29 is 19.0 Å². The third-order valence-corrected chi connectivity index (χ3v) is 5.74. The molecule has 1 aliphatic heterocycles. The van der Waals surface area contributed by atoms with Crippen molar-refractivity contribution >= 4 is 11.6 Å². The lowest BCUT2D eigenvalue weighted by Gasteiger charge is -2.56. The lowest BCUT2D eigenvalue weighted by atomic mass is 9.67. The second-order valence-corrected chi connectivity index (χ2v) is 7.14. The molecule has 1 heterocycles. The summed E-state index contributed by atoms with van der Waals surface area (Å²) in [6.07, 6.45) is 2.10. The molecule has 1 N–H and O–H groups in total. The van der Waals surface area contributed by atoms with Crippen LogP contribution in [0, 0.1) is 0 Å². The van der Waals surface area contributed by atoms with Crippen molar-refractivity contribution in [3.05, 3.63) is 60.2 Å². The highest BCUT2D eigenvalue weighted by atomic mass is 19.1. The maximum atomic E-state index is 16.2. The Balaban J connectivity index is 1.78. The summed E-state index contributed by atoms with van der Waals surface area (Å²) < 4.78 is 21.3. The monoisotopic (exact) mass is 355 g/mol. The number of ether oxygens (including phenoxy) is 1. The molecule has 0 spiro atoms. The molecule has 2 atom stereocenters. The van der Waals surface area contributed by atoms with E-state index in [-0.39, 0.29) is 0 Å². The van der Waals surface area contributed by atoms with Crippen LogP contribution in [-0.2, 0) is 4.79 Å². The number of carbonyl (C=O) groups is 1. The van der Waals surface area contributed by atoms with Gasteiger partial charge in [0.25, 0.3) is 5.91 Å². The fourth-order valence-corrected chi connectivity index (χ4v) is 4.32. The number of carbonyl (C=O) groups excluding carboxylic acids is 1. The van der Waals surface area contributed by atoms with Crippen LogP contribution in [0.5, 0.6) is 5.75 Å². The van der Waals surface area contributed by atoms with Crippen molar-refractivity contribution in [2.24, 2.45) is 0 Å². The first-order valence-corrected chi connectivity index (χ1v) is 8.95. The van der Waals surface area contributed by atoms with Crippen molar-refractivity contribution in [3.63, 3.8) is 0 Å². The summed E-state index contributed by atoms with van der Waals surface area (Å²) in [4.78, 5) is 14.4. The Morgan fingerprint density at radius 1 is 1.08 bits per heavy atom. The second-order valence-electron chi connectivity index (χ2n) is 7.14. The number of aliphatic hydroxyl groups is 1. The number of amides is 1. The van der Waals surface area contributed by atoms with Crippen LogP contribution in [-0.4, -0.2) is 29.4 Å². The van der Waals surface area contributed by atoms with Gasteiger partial charge in [0.15, 0.2) is 0 Å². The van der Waals surface area contributed by atoms with Crippen LogP contribution in [0.3, 0.4) is 0 Å². The molecule has 26 heavy (non-hydrogen) atoms. The first-order valence-electron chi connectivity index (χ1n) is 8.95. The highest BCUT2D eigenvalue weighted by Crippen LogP contribution is 2.57. The minimum absolute atomic E-state index is 0.315. The van der Waals surface area contributed by atoms with E-state index in [9.17, 15) is 9.90 Å². The molecule has 0 aromatic heterocycles. The van der Waals surface area contributed by atoms with Crippen LogP contribution >= 0.6 is 0 Å². The molecule has 1 saturated carbocycles. The van der Waals surface area contributed by atoms with Crippen LogP contribution in [0.15, 0.2) is 54.6 Å². The average molecular weight is 355 g/mol. The summed E-state index contributed by atoms with van der Waals surface area (Å²) in [6, 6.07) is 15.2. The number of hydrogen-bond acceptors (Lipinski definition) is 3. The van der Waals surface area contributed by atoms with Gasteiger partial charge in [0.2, 0.25) is 5.67 Å². The van der Waals surface area contributed by atoms with Crippen LogP contribution in [0.2, 0.25) is 0 Å². The minimum atomic E-state index is -2.30. The molecule has 2 aliphatic rings. The first-order chi connectivity index (χ1) is 12.5. The largest absolute Gasteiger partial charge is 0.497 e. The topological polar surface area (TPSA) is 49.8 Å². The van der Waals surface area contributed by atoms with Crippen molar-refractivity contribution in [3.8, 4) is 5.75 Å². The Morgan fingerprint density at radius 3 is 2.27 bits per heavy atom. The Hall–Kier alpha value is -2.40. The fourth-order valence-electron chi connectivity index (χ4n) is 4.32. The molecule has 136 valence electrons. The van der Waals surface area contributed by atoms with Gasteiger partial charge in [-0.2, -0.15) is 0 Å². The Labute approximate surface area is 152 Å². The van der Waals surface area contributed by atoms with Crippen LogP contribution < -0.4 is 9.64 Å². The smallest absolute Gasteiger partial charge is 0.271 e. The van der Waals surface area contributed by atoms with E-state index >= 15 is 4.39 Å². The standard InChI is InChI=1S/C21H22FNO3/c1-26-17-11-9-16(10-12-17)23-18(15-7-3-2-4-8-15)21(22,19(23)24)20(25)13-5-6-14-20/h2-4,7-12,18,25H,5-6,13-14H2,1H3/t18-,21+/m0/s1. The van der Waals surface area contributed by atoms with Gasteiger partial charge >= 0.3 is 0 Å². The summed E-state index contributed by atoms with van der Waals surface area (Å²) in [7, 11) is 1.57. The van der Waals surface area contributed by atoms with Crippen molar-refractivity contribution in [1.82, 2.24) is 0 Å². The number of benzene rings is 2. The summed E-state index contributed by atoms with van der Waals surface area (Å²) in [5.74, 6) is -0.000151. The Kier molecular flexibility index (Phi) is 3.99. The van der Waals surface area contributed by atoms with Crippen LogP contribution in [0.25, 0.3) is 0 Å². The lowest BCUT2D eigenvalue weighted by Crippen LogP contribution is -2.75. The van der Waals surface area contributed by atoms with E-state index in [2.05, 4.69) is 0 Å². The number of hydrogen-bond donors (Lipinski definition) is 1. The van der Waals surface area contributed by atoms with Gasteiger partial charge in [0, 0.05) is 5.69 Å². The van der Waals surface area contributed by atoms with E-state index in [1.165, 1.54) is 4.90 Å². The summed E-state index contributed by atoms with van der Waals surface area (Å²) in [5.41, 5.74) is -2.62. The summed E-state index contributed by atoms with van der Waals surface area (Å²) in [5, 5.41) is 11.0. The maximum Gasteiger partial charge on any atom is 0.271 e. The van der Waals surface area contributed by atoms with Gasteiger partial charge in [-0.25, -0.2) is 4.39 Å². The summed E-state index contributed by atoms with van der Waals surface area (Å²) in [6.45, 7) is 0. The highest BCUT2D eigenvalue weighted by Gasteiger charge is 2.73. The zero-order chi connectivity index (χ0) is 18.4. The molecule has 0 bridgehead atoms. The fraction of sp³-hybridized carbons (Fsp3) is 0.381. The molecule has 5 heteroatoms. The number of halogens is 1. The normalized spacial score (nSPS) is 27.3. The molecular weight excluding hydrogens is 333 g/mol. The Bertz CT molecular complexity index is 802. The number of alkyl halides is 1. The van der Waals surface area contributed by atoms with Gasteiger partial charge in [-0.05, 0) is 42.7 Å². The second kappa shape index (κ2) is 6.09. The van der Waals surface area contributed by atoms with Gasteiger partial charge in [0.1, 0.15) is 17.4 Å². The molecule has 0 unspecified atom stereocenters. The predicted molar refractivity (Wildman–Crippen MR) is 96.9 cm³/mol. The SMILES string of the molecule is COc1ccc(N2C(=O)[C@@](F)(C3(O)CCCC3)[C@@H]2c2ccccc2)cc1. The van der Waals surface area contributed by atoms with Crippen molar-refractivity contribution in [1.29, 1.82) is 0 Å². The van der Waals surface area contributed by atoms with Gasteiger partial charge < -0.3 is 9.84 Å². The third-order valence-electron chi connectivity index (χ3n) is 5.74. The van der Waals surface area contributed by atoms with E-state index in [0.717, 1.165) is 12.8 Å². The number of β-lactam (4-membered cyclic amide) rings is 1. The van der Waals surface area contributed by atoms with E-state index in [4.69, 9.17) is 4.74 Å². The predicted octanol–water partition coefficient (Wildman–Crippen LogP) is 3.80. The quantitative estimate of drug-likeness (QED) is 0.849. The molecule has 4 rings (SSSR count). The van der Waals surface area contributed by atoms with Crippen LogP contribution in [0.4, 0.5) is 10.1 Å². The summed E-state index contributed by atoms with van der Waals surface area (Å²) >= 11 is 0. The zero-order valence-corrected chi connectivity index (χ0v) is 14.7. The maximum absolute atomic E-state index is 16.2. The number of methoxy groups -OCH3 is 1. The van der Waals surface area contributed by atoms with Gasteiger partial charge in [0.05, 0.1) is 7.11 Å². The molecule has 1 amide bonds. The van der Waals surface area contributed by atoms with Crippen molar-refractivity contribution in [2.45, 2.75) is 43.0 Å². The minimum Gasteiger partial charge on any atom is -0.497 e. The number of anilines is 1. The highest BCUT2D eigenvalue weighted by molar-refractivity contribution is 6.09. The zero-order valence-electron chi connectivity index (χ0n) is 14.7. The molecule has 4 nitrogen and oxygen atoms in total. The van der Waals surface area contributed by atoms with Gasteiger partial charge in [-0.1, -0.05) is 43.2 Å². The van der Waals surface area contributed by atoms with E-state index in [1.54, 1.807) is 43.5 Å². The molecule has 1 aliphatic carbocycles. The van der Waals surface area contributed by atoms with Crippen LogP contribution in [0.1, 0.15) is 37.3 Å². The molecule has 2 fully saturated rings. The average Bonchev–Trinajstić information content (AvgIpc) is 3.13. The van der Waals surface area contributed by atoms with E-state index in [0.29, 0.717) is 29.8 Å². The van der Waals surface area contributed by atoms with E-state index < -0.39 is 23.2 Å². The molecule has 0 radical (unpaired) electrons. The number of nitrogens with zero attached hydrogens (tertiary/aromatic N) is 1. The van der Waals surface area contributed by atoms with E-state index in [1.807, 2.05) is 18.2 Å². The van der Waals surface area contributed by atoms with Gasteiger partial charge in [-0.15, -0.1) is 0 Å². The third kappa shape index (κ3) is 2.27. The first kappa shape index (κ1) is 17.0. The van der Waals surface area contributed by atoms with Gasteiger partial charge in [-0.3, -0.25) is 9.69 Å². The molecule has 1 saturated heterocycles.